The summed E-state index contributed by atoms with van der Waals surface area (Å²) in [5, 5.41) is 10.0. The summed E-state index contributed by atoms with van der Waals surface area (Å²) in [7, 11) is 0. The first-order valence-corrected chi connectivity index (χ1v) is 6.43. The molecule has 0 rings (SSSR count). The lowest BCUT2D eigenvalue weighted by Gasteiger charge is -2.32. The predicted octanol–water partition coefficient (Wildman–Crippen LogP) is 2.91. The van der Waals surface area contributed by atoms with Gasteiger partial charge in [-0.3, -0.25) is 0 Å². The summed E-state index contributed by atoms with van der Waals surface area (Å²) in [6.07, 6.45) is 3.30. The van der Waals surface area contributed by atoms with Crippen LogP contribution in [0.5, 0.6) is 0 Å². The van der Waals surface area contributed by atoms with Crippen LogP contribution in [0.15, 0.2) is 0 Å². The van der Waals surface area contributed by atoms with Gasteiger partial charge in [-0.1, -0.05) is 40.5 Å². The highest BCUT2D eigenvalue weighted by Crippen LogP contribution is 2.15. The molecule has 0 aliphatic carbocycles. The number of hydrogen-bond donors (Lipinski definition) is 1. The van der Waals surface area contributed by atoms with Crippen LogP contribution in [0.4, 0.5) is 0 Å². The van der Waals surface area contributed by atoms with Gasteiger partial charge >= 0.3 is 0 Å². The maximum absolute atomic E-state index is 10.0. The molecule has 0 spiro atoms. The Balaban J connectivity index is 4.13. The van der Waals surface area contributed by atoms with E-state index in [1.807, 2.05) is 13.8 Å². The summed E-state index contributed by atoms with van der Waals surface area (Å²) < 4.78 is 0. The van der Waals surface area contributed by atoms with E-state index >= 15 is 0 Å². The molecule has 0 aliphatic rings. The normalized spacial score (nSPS) is 16.0. The summed E-state index contributed by atoms with van der Waals surface area (Å²) in [5.41, 5.74) is -0.526. The van der Waals surface area contributed by atoms with Gasteiger partial charge < -0.3 is 10.0 Å². The van der Waals surface area contributed by atoms with E-state index in [2.05, 4.69) is 25.7 Å². The molecule has 0 aromatic rings. The standard InChI is InChI=1S/C13H29NO/c1-6-12(7-2)10-14(9-4)11-13(5,15)8-3/h12,15H,6-11H2,1-5H3. The molecule has 0 aromatic heterocycles. The van der Waals surface area contributed by atoms with E-state index in [4.69, 9.17) is 0 Å². The zero-order valence-corrected chi connectivity index (χ0v) is 11.2. The zero-order chi connectivity index (χ0) is 11.9. The molecule has 1 N–H and O–H groups in total. The quantitative estimate of drug-likeness (QED) is 0.673. The van der Waals surface area contributed by atoms with E-state index in [9.17, 15) is 5.11 Å². The molecule has 92 valence electrons. The minimum absolute atomic E-state index is 0.526. The molecule has 2 nitrogen and oxygen atoms in total. The maximum atomic E-state index is 10.0. The molecule has 0 radical (unpaired) electrons. The summed E-state index contributed by atoms with van der Waals surface area (Å²) >= 11 is 0. The lowest BCUT2D eigenvalue weighted by molar-refractivity contribution is 0.0132. The number of rotatable bonds is 8. The Hall–Kier alpha value is -0.0800. The van der Waals surface area contributed by atoms with Crippen LogP contribution in [0.1, 0.15) is 53.9 Å². The van der Waals surface area contributed by atoms with Crippen LogP contribution in [0.25, 0.3) is 0 Å². The second kappa shape index (κ2) is 7.24. The van der Waals surface area contributed by atoms with Crippen molar-refractivity contribution in [3.05, 3.63) is 0 Å². The fourth-order valence-electron chi connectivity index (χ4n) is 1.81. The molecule has 0 amide bonds. The van der Waals surface area contributed by atoms with Gasteiger partial charge in [0.25, 0.3) is 0 Å². The van der Waals surface area contributed by atoms with Gasteiger partial charge in [0.05, 0.1) is 5.60 Å². The molecular weight excluding hydrogens is 186 g/mol. The third kappa shape index (κ3) is 6.16. The van der Waals surface area contributed by atoms with Gasteiger partial charge in [0.2, 0.25) is 0 Å². The molecule has 0 aromatic carbocycles. The lowest BCUT2D eigenvalue weighted by atomic mass is 9.99. The Kier molecular flexibility index (Phi) is 7.20. The minimum atomic E-state index is -0.526. The zero-order valence-electron chi connectivity index (χ0n) is 11.2. The maximum Gasteiger partial charge on any atom is 0.0743 e. The average molecular weight is 215 g/mol. The van der Waals surface area contributed by atoms with Crippen molar-refractivity contribution in [1.82, 2.24) is 4.90 Å². The third-order valence-electron chi connectivity index (χ3n) is 3.44. The van der Waals surface area contributed by atoms with Gasteiger partial charge in [-0.25, -0.2) is 0 Å². The lowest BCUT2D eigenvalue weighted by Crippen LogP contribution is -2.42. The van der Waals surface area contributed by atoms with Crippen molar-refractivity contribution in [2.24, 2.45) is 5.92 Å². The van der Waals surface area contributed by atoms with Crippen LogP contribution in [-0.2, 0) is 0 Å². The van der Waals surface area contributed by atoms with Crippen molar-refractivity contribution < 1.29 is 5.11 Å². The van der Waals surface area contributed by atoms with E-state index in [1.54, 1.807) is 0 Å². The molecule has 0 aliphatic heterocycles. The van der Waals surface area contributed by atoms with Gasteiger partial charge in [0, 0.05) is 13.1 Å². The molecule has 1 atom stereocenters. The van der Waals surface area contributed by atoms with Crippen molar-refractivity contribution in [3.8, 4) is 0 Å². The first kappa shape index (κ1) is 14.9. The van der Waals surface area contributed by atoms with Crippen molar-refractivity contribution in [2.45, 2.75) is 59.5 Å². The molecule has 0 fully saturated rings. The highest BCUT2D eigenvalue weighted by atomic mass is 16.3. The number of nitrogens with zero attached hydrogens (tertiary/aromatic N) is 1. The SMILES string of the molecule is CCC(CC)CN(CC)CC(C)(O)CC. The second-order valence-electron chi connectivity index (χ2n) is 4.86. The van der Waals surface area contributed by atoms with Crippen LogP contribution in [0, 0.1) is 5.92 Å². The highest BCUT2D eigenvalue weighted by molar-refractivity contribution is 4.76. The van der Waals surface area contributed by atoms with Gasteiger partial charge in [-0.2, -0.15) is 0 Å². The smallest absolute Gasteiger partial charge is 0.0743 e. The van der Waals surface area contributed by atoms with Crippen LogP contribution in [0.2, 0.25) is 0 Å². The second-order valence-corrected chi connectivity index (χ2v) is 4.86. The molecule has 15 heavy (non-hydrogen) atoms. The molecular formula is C13H29NO. The molecule has 0 bridgehead atoms. The van der Waals surface area contributed by atoms with E-state index in [-0.39, 0.29) is 0 Å². The van der Waals surface area contributed by atoms with Gasteiger partial charge in [0.1, 0.15) is 0 Å². The monoisotopic (exact) mass is 215 g/mol. The van der Waals surface area contributed by atoms with Gasteiger partial charge in [0.15, 0.2) is 0 Å². The van der Waals surface area contributed by atoms with Crippen molar-refractivity contribution in [1.29, 1.82) is 0 Å². The van der Waals surface area contributed by atoms with Gasteiger partial charge in [-0.05, 0) is 25.8 Å². The van der Waals surface area contributed by atoms with Crippen LogP contribution in [-0.4, -0.2) is 35.2 Å². The van der Waals surface area contributed by atoms with E-state index in [0.717, 1.165) is 32.0 Å². The number of likely N-dealkylation sites (N-methyl/N-ethyl adjacent to an activating group) is 1. The Morgan fingerprint density at radius 2 is 1.67 bits per heavy atom. The Morgan fingerprint density at radius 1 is 1.13 bits per heavy atom. The molecule has 0 heterocycles. The Labute approximate surface area is 95.7 Å². The third-order valence-corrected chi connectivity index (χ3v) is 3.44. The minimum Gasteiger partial charge on any atom is -0.389 e. The van der Waals surface area contributed by atoms with Crippen LogP contribution in [0.3, 0.4) is 0 Å². The fourth-order valence-corrected chi connectivity index (χ4v) is 1.81. The first-order chi connectivity index (χ1) is 6.99. The van der Waals surface area contributed by atoms with Crippen LogP contribution < -0.4 is 0 Å². The van der Waals surface area contributed by atoms with E-state index < -0.39 is 5.60 Å². The molecule has 0 saturated heterocycles. The Bertz CT molecular complexity index is 153. The van der Waals surface area contributed by atoms with Crippen LogP contribution >= 0.6 is 0 Å². The fraction of sp³-hybridized carbons (Fsp3) is 1.00. The topological polar surface area (TPSA) is 23.5 Å². The summed E-state index contributed by atoms with van der Waals surface area (Å²) in [4.78, 5) is 2.38. The largest absolute Gasteiger partial charge is 0.389 e. The van der Waals surface area contributed by atoms with Gasteiger partial charge in [-0.15, -0.1) is 0 Å². The average Bonchev–Trinajstić information content (AvgIpc) is 2.24. The van der Waals surface area contributed by atoms with Crippen molar-refractivity contribution in [3.63, 3.8) is 0 Å². The summed E-state index contributed by atoms with van der Waals surface area (Å²) in [5.74, 6) is 0.776. The number of aliphatic hydroxyl groups is 1. The Morgan fingerprint density at radius 3 is 2.00 bits per heavy atom. The van der Waals surface area contributed by atoms with Crippen molar-refractivity contribution in [2.75, 3.05) is 19.6 Å². The predicted molar refractivity (Wildman–Crippen MR) is 67.1 cm³/mol. The van der Waals surface area contributed by atoms with E-state index in [1.165, 1.54) is 12.8 Å². The molecule has 0 saturated carbocycles. The first-order valence-electron chi connectivity index (χ1n) is 6.43. The van der Waals surface area contributed by atoms with E-state index in [0.29, 0.717) is 0 Å². The highest BCUT2D eigenvalue weighted by Gasteiger charge is 2.22. The van der Waals surface area contributed by atoms with Crippen molar-refractivity contribution >= 4 is 0 Å². The number of hydrogen-bond acceptors (Lipinski definition) is 2. The molecule has 2 heteroatoms. The molecule has 1 unspecified atom stereocenters. The summed E-state index contributed by atoms with van der Waals surface area (Å²) in [6.45, 7) is 13.6. The summed E-state index contributed by atoms with van der Waals surface area (Å²) in [6, 6.07) is 0.